The average Bonchev–Trinajstić information content (AvgIpc) is 3.08. The van der Waals surface area contributed by atoms with Crippen LogP contribution in [0.1, 0.15) is 25.0 Å². The molecule has 2 nitrogen and oxygen atoms in total. The van der Waals surface area contributed by atoms with Crippen molar-refractivity contribution in [3.63, 3.8) is 0 Å². The second-order valence-corrected chi connectivity index (χ2v) is 8.01. The Labute approximate surface area is 181 Å². The van der Waals surface area contributed by atoms with Crippen LogP contribution < -0.4 is 9.32 Å². The van der Waals surface area contributed by atoms with E-state index in [4.69, 9.17) is 35.0 Å². The molecule has 4 rings (SSSR count). The highest BCUT2D eigenvalue weighted by Crippen LogP contribution is 2.43. The van der Waals surface area contributed by atoms with Gasteiger partial charge in [0.15, 0.2) is 0 Å². The molecule has 0 radical (unpaired) electrons. The molecule has 28 heavy (non-hydrogen) atoms. The van der Waals surface area contributed by atoms with Gasteiger partial charge in [-0.15, -0.1) is 0 Å². The maximum Gasteiger partial charge on any atom is 0.0842 e. The van der Waals surface area contributed by atoms with Crippen molar-refractivity contribution >= 4 is 52.0 Å². The summed E-state index contributed by atoms with van der Waals surface area (Å²) in [5, 5.41) is 0.934. The Morgan fingerprint density at radius 2 is 1.43 bits per heavy atom. The Morgan fingerprint density at radius 3 is 2.07 bits per heavy atom. The van der Waals surface area contributed by atoms with Gasteiger partial charge in [0.05, 0.1) is 21.4 Å². The van der Waals surface area contributed by atoms with Gasteiger partial charge in [-0.2, -0.15) is 0 Å². The smallest absolute Gasteiger partial charge is 0.0842 e. The van der Waals surface area contributed by atoms with Crippen LogP contribution in [0.4, 0.5) is 17.1 Å². The van der Waals surface area contributed by atoms with Crippen LogP contribution in [0, 0.1) is 0 Å². The van der Waals surface area contributed by atoms with Crippen molar-refractivity contribution in [3.8, 4) is 11.1 Å². The van der Waals surface area contributed by atoms with Gasteiger partial charge in [0.1, 0.15) is 0 Å². The molecule has 0 saturated carbocycles. The van der Waals surface area contributed by atoms with E-state index in [1.165, 1.54) is 27.9 Å². The Hall–Kier alpha value is -1.87. The third kappa shape index (κ3) is 3.34. The summed E-state index contributed by atoms with van der Waals surface area (Å²) in [7, 11) is 0. The summed E-state index contributed by atoms with van der Waals surface area (Å²) in [5.41, 5.74) is 7.97. The predicted molar refractivity (Wildman–Crippen MR) is 123 cm³/mol. The minimum absolute atomic E-state index is 0.448. The highest BCUT2D eigenvalue weighted by Gasteiger charge is 2.22. The minimum atomic E-state index is 0.448. The first-order valence-electron chi connectivity index (χ1n) is 9.44. The Bertz CT molecular complexity index is 1030. The van der Waals surface area contributed by atoms with E-state index in [0.717, 1.165) is 25.2 Å². The fourth-order valence-electron chi connectivity index (χ4n) is 3.83. The lowest BCUT2D eigenvalue weighted by Gasteiger charge is -2.22. The van der Waals surface area contributed by atoms with Gasteiger partial charge >= 0.3 is 0 Å². The normalized spacial score (nSPS) is 11.9. The summed E-state index contributed by atoms with van der Waals surface area (Å²) < 4.78 is 1.57. The third-order valence-corrected chi connectivity index (χ3v) is 6.54. The van der Waals surface area contributed by atoms with E-state index in [1.807, 2.05) is 18.2 Å². The lowest BCUT2D eigenvalue weighted by Crippen LogP contribution is -2.21. The molecule has 0 aromatic heterocycles. The molecule has 0 saturated heterocycles. The fourth-order valence-corrected chi connectivity index (χ4v) is 4.50. The minimum Gasteiger partial charge on any atom is -0.372 e. The first-order chi connectivity index (χ1) is 13.5. The molecule has 0 unspecified atom stereocenters. The van der Waals surface area contributed by atoms with Gasteiger partial charge in [-0.05, 0) is 78.9 Å². The Morgan fingerprint density at radius 1 is 0.821 bits per heavy atom. The lowest BCUT2D eigenvalue weighted by atomic mass is 10.0. The summed E-state index contributed by atoms with van der Waals surface area (Å²) in [6.07, 6.45) is 0.948. The SMILES string of the molecule is CCN(CC)c1ccc2c(c1)-c1cc(N(Cl)c3cccc(Cl)c3Cl)ccc1C2. The zero-order chi connectivity index (χ0) is 19.8. The van der Waals surface area contributed by atoms with Crippen molar-refractivity contribution in [2.24, 2.45) is 0 Å². The highest BCUT2D eigenvalue weighted by atomic mass is 35.5. The third-order valence-electron chi connectivity index (χ3n) is 5.36. The summed E-state index contributed by atoms with van der Waals surface area (Å²) in [6.45, 7) is 6.35. The zero-order valence-electron chi connectivity index (χ0n) is 15.8. The quantitative estimate of drug-likeness (QED) is 0.299. The molecular formula is C23H21Cl3N2. The summed E-state index contributed by atoms with van der Waals surface area (Å²) in [6, 6.07) is 18.5. The van der Waals surface area contributed by atoms with Crippen LogP contribution in [0.25, 0.3) is 11.1 Å². The molecular weight excluding hydrogens is 411 g/mol. The largest absolute Gasteiger partial charge is 0.372 e. The van der Waals surface area contributed by atoms with Crippen molar-refractivity contribution in [3.05, 3.63) is 75.8 Å². The maximum absolute atomic E-state index is 6.65. The van der Waals surface area contributed by atoms with Crippen LogP contribution in [0.3, 0.4) is 0 Å². The molecule has 0 N–H and O–H groups in total. The van der Waals surface area contributed by atoms with Gasteiger partial charge < -0.3 is 4.90 Å². The lowest BCUT2D eigenvalue weighted by molar-refractivity contribution is 0.866. The van der Waals surface area contributed by atoms with Crippen molar-refractivity contribution in [2.45, 2.75) is 20.3 Å². The van der Waals surface area contributed by atoms with Gasteiger partial charge in [-0.1, -0.05) is 41.4 Å². The standard InChI is InChI=1S/C23H21Cl3N2/c1-3-27(4-2)17-10-8-15-12-16-9-11-18(14-20(16)19(15)13-17)28(26)22-7-5-6-21(24)23(22)25/h5-11,13-14H,3-4,12H2,1-2H3. The number of benzene rings is 3. The first kappa shape index (κ1) is 19.4. The number of hydrogen-bond acceptors (Lipinski definition) is 2. The molecule has 3 aromatic carbocycles. The second kappa shape index (κ2) is 7.87. The van der Waals surface area contributed by atoms with Crippen molar-refractivity contribution < 1.29 is 0 Å². The molecule has 3 aromatic rings. The molecule has 0 spiro atoms. The predicted octanol–water partition coefficient (Wildman–Crippen LogP) is 7.70. The molecule has 0 aliphatic heterocycles. The second-order valence-electron chi connectivity index (χ2n) is 6.89. The first-order valence-corrected chi connectivity index (χ1v) is 10.5. The number of hydrogen-bond donors (Lipinski definition) is 0. The number of halogens is 3. The van der Waals surface area contributed by atoms with E-state index in [0.29, 0.717) is 15.7 Å². The van der Waals surface area contributed by atoms with E-state index < -0.39 is 0 Å². The number of nitrogens with zero attached hydrogens (tertiary/aromatic N) is 2. The van der Waals surface area contributed by atoms with Gasteiger partial charge in [0, 0.05) is 30.6 Å². The monoisotopic (exact) mass is 430 g/mol. The van der Waals surface area contributed by atoms with Crippen molar-refractivity contribution in [1.29, 1.82) is 0 Å². The topological polar surface area (TPSA) is 6.48 Å². The summed E-state index contributed by atoms with van der Waals surface area (Å²) in [4.78, 5) is 2.36. The van der Waals surface area contributed by atoms with Crippen LogP contribution in [-0.2, 0) is 6.42 Å². The van der Waals surface area contributed by atoms with Crippen LogP contribution in [0.5, 0.6) is 0 Å². The molecule has 0 amide bonds. The molecule has 0 fully saturated rings. The molecule has 1 aliphatic carbocycles. The van der Waals surface area contributed by atoms with Gasteiger partial charge in [-0.25, -0.2) is 0 Å². The van der Waals surface area contributed by atoms with Crippen LogP contribution in [0.2, 0.25) is 10.0 Å². The fraction of sp³-hybridized carbons (Fsp3) is 0.217. The molecule has 144 valence electrons. The maximum atomic E-state index is 6.65. The average molecular weight is 432 g/mol. The highest BCUT2D eigenvalue weighted by molar-refractivity contribution is 6.45. The summed E-state index contributed by atoms with van der Waals surface area (Å²) in [5.74, 6) is 0. The van der Waals surface area contributed by atoms with Gasteiger partial charge in [0.2, 0.25) is 0 Å². The van der Waals surface area contributed by atoms with E-state index >= 15 is 0 Å². The number of anilines is 3. The molecule has 0 heterocycles. The van der Waals surface area contributed by atoms with E-state index in [1.54, 1.807) is 10.5 Å². The molecule has 1 aliphatic rings. The molecule has 0 bridgehead atoms. The van der Waals surface area contributed by atoms with Crippen LogP contribution in [-0.4, -0.2) is 13.1 Å². The van der Waals surface area contributed by atoms with Crippen LogP contribution >= 0.6 is 35.0 Å². The Balaban J connectivity index is 1.75. The van der Waals surface area contributed by atoms with Gasteiger partial charge in [-0.3, -0.25) is 4.42 Å². The molecule has 5 heteroatoms. The Kier molecular flexibility index (Phi) is 5.46. The van der Waals surface area contributed by atoms with Crippen LogP contribution in [0.15, 0.2) is 54.6 Å². The summed E-state index contributed by atoms with van der Waals surface area (Å²) >= 11 is 19.2. The van der Waals surface area contributed by atoms with Crippen molar-refractivity contribution in [2.75, 3.05) is 22.4 Å². The van der Waals surface area contributed by atoms with Gasteiger partial charge in [0.25, 0.3) is 0 Å². The number of fused-ring (bicyclic) bond motifs is 3. The van der Waals surface area contributed by atoms with Crippen molar-refractivity contribution in [1.82, 2.24) is 0 Å². The van der Waals surface area contributed by atoms with E-state index in [-0.39, 0.29) is 0 Å². The van der Waals surface area contributed by atoms with E-state index in [9.17, 15) is 0 Å². The number of rotatable bonds is 5. The molecule has 0 atom stereocenters. The van der Waals surface area contributed by atoms with E-state index in [2.05, 4.69) is 49.1 Å². The zero-order valence-corrected chi connectivity index (χ0v) is 18.1.